The molecule has 94 valence electrons. The molecular formula is C13H24O3. The molecule has 0 aliphatic heterocycles. The molecule has 0 aliphatic rings. The van der Waals surface area contributed by atoms with Crippen molar-refractivity contribution in [3.05, 3.63) is 12.3 Å². The Morgan fingerprint density at radius 2 is 1.38 bits per heavy atom. The van der Waals surface area contributed by atoms with E-state index in [4.69, 9.17) is 9.47 Å². The van der Waals surface area contributed by atoms with Gasteiger partial charge in [-0.1, -0.05) is 6.58 Å². The minimum atomic E-state index is -0.479. The molecule has 0 spiro atoms. The number of ether oxygens (including phenoxy) is 2. The Bertz CT molecular complexity index is 238. The average molecular weight is 228 g/mol. The van der Waals surface area contributed by atoms with Crippen LogP contribution in [-0.4, -0.2) is 17.2 Å². The van der Waals surface area contributed by atoms with Crippen LogP contribution in [0.1, 0.15) is 48.5 Å². The van der Waals surface area contributed by atoms with E-state index in [2.05, 4.69) is 6.58 Å². The zero-order chi connectivity index (χ0) is 13.1. The van der Waals surface area contributed by atoms with E-state index < -0.39 is 11.5 Å². The van der Waals surface area contributed by atoms with E-state index in [1.165, 1.54) is 0 Å². The van der Waals surface area contributed by atoms with Crippen LogP contribution in [0.15, 0.2) is 12.3 Å². The van der Waals surface area contributed by atoms with Crippen LogP contribution in [0.5, 0.6) is 0 Å². The lowest BCUT2D eigenvalue weighted by atomic mass is 10.1. The number of esters is 1. The maximum absolute atomic E-state index is 11.7. The molecule has 0 saturated carbocycles. The van der Waals surface area contributed by atoms with E-state index in [0.29, 0.717) is 5.76 Å². The third kappa shape index (κ3) is 6.49. The van der Waals surface area contributed by atoms with Crippen molar-refractivity contribution < 1.29 is 14.3 Å². The van der Waals surface area contributed by atoms with E-state index in [-0.39, 0.29) is 11.6 Å². The van der Waals surface area contributed by atoms with Gasteiger partial charge in [0.15, 0.2) is 0 Å². The van der Waals surface area contributed by atoms with Crippen LogP contribution >= 0.6 is 0 Å². The molecule has 0 heterocycles. The summed E-state index contributed by atoms with van der Waals surface area (Å²) < 4.78 is 10.8. The van der Waals surface area contributed by atoms with Gasteiger partial charge >= 0.3 is 5.97 Å². The van der Waals surface area contributed by atoms with Crippen LogP contribution in [-0.2, 0) is 14.3 Å². The second kappa shape index (κ2) is 4.89. The zero-order valence-corrected chi connectivity index (χ0v) is 11.5. The van der Waals surface area contributed by atoms with Crippen LogP contribution in [0.4, 0.5) is 0 Å². The Kier molecular flexibility index (Phi) is 4.59. The predicted octanol–water partition coefficient (Wildman–Crippen LogP) is 3.29. The second-order valence-electron chi connectivity index (χ2n) is 5.94. The minimum absolute atomic E-state index is 0.304. The van der Waals surface area contributed by atoms with Crippen molar-refractivity contribution in [1.82, 2.24) is 0 Å². The lowest BCUT2D eigenvalue weighted by Gasteiger charge is -2.27. The smallest absolute Gasteiger partial charge is 0.316 e. The Labute approximate surface area is 98.8 Å². The van der Waals surface area contributed by atoms with Crippen molar-refractivity contribution in [1.29, 1.82) is 0 Å². The lowest BCUT2D eigenvalue weighted by molar-refractivity contribution is -0.159. The summed E-state index contributed by atoms with van der Waals surface area (Å²) in [5.74, 6) is -0.304. The van der Waals surface area contributed by atoms with Gasteiger partial charge in [-0.05, 0) is 48.5 Å². The van der Waals surface area contributed by atoms with Crippen LogP contribution < -0.4 is 0 Å². The topological polar surface area (TPSA) is 35.5 Å². The molecule has 3 heteroatoms. The third-order valence-electron chi connectivity index (χ3n) is 1.68. The molecule has 0 radical (unpaired) electrons. The Morgan fingerprint density at radius 3 is 1.69 bits per heavy atom. The second-order valence-corrected chi connectivity index (χ2v) is 5.94. The van der Waals surface area contributed by atoms with Gasteiger partial charge in [-0.15, -0.1) is 0 Å². The quantitative estimate of drug-likeness (QED) is 0.549. The van der Waals surface area contributed by atoms with Crippen molar-refractivity contribution >= 4 is 5.97 Å². The largest absolute Gasteiger partial charge is 0.492 e. The molecule has 0 aliphatic carbocycles. The van der Waals surface area contributed by atoms with Gasteiger partial charge in [0.1, 0.15) is 22.9 Å². The van der Waals surface area contributed by atoms with E-state index in [0.717, 1.165) is 0 Å². The highest BCUT2D eigenvalue weighted by atomic mass is 16.6. The normalized spacial score (nSPS) is 14.2. The summed E-state index contributed by atoms with van der Waals surface area (Å²) in [6.07, 6.45) is 0. The number of hydrogen-bond acceptors (Lipinski definition) is 3. The highest BCUT2D eigenvalue weighted by molar-refractivity contribution is 5.75. The van der Waals surface area contributed by atoms with Crippen molar-refractivity contribution in [2.24, 2.45) is 5.92 Å². The summed E-state index contributed by atoms with van der Waals surface area (Å²) in [7, 11) is 0. The Morgan fingerprint density at radius 1 is 1.00 bits per heavy atom. The van der Waals surface area contributed by atoms with Gasteiger partial charge in [0.05, 0.1) is 0 Å². The predicted molar refractivity (Wildman–Crippen MR) is 65.0 cm³/mol. The molecule has 1 atom stereocenters. The molecule has 0 fully saturated rings. The maximum atomic E-state index is 11.7. The minimum Gasteiger partial charge on any atom is -0.492 e. The van der Waals surface area contributed by atoms with Crippen LogP contribution in [0.3, 0.4) is 0 Å². The molecule has 0 amide bonds. The molecule has 0 rings (SSSR count). The van der Waals surface area contributed by atoms with Gasteiger partial charge in [-0.2, -0.15) is 0 Å². The molecule has 0 saturated heterocycles. The fourth-order valence-electron chi connectivity index (χ4n) is 1.00. The molecule has 1 unspecified atom stereocenters. The molecule has 0 aromatic heterocycles. The lowest BCUT2D eigenvalue weighted by Crippen LogP contribution is -2.30. The summed E-state index contributed by atoms with van der Waals surface area (Å²) in [6, 6.07) is 0. The first kappa shape index (κ1) is 15.0. The molecule has 0 aromatic carbocycles. The first-order chi connectivity index (χ1) is 6.92. The van der Waals surface area contributed by atoms with Crippen LogP contribution in [0, 0.1) is 5.92 Å². The first-order valence-electron chi connectivity index (χ1n) is 5.53. The van der Waals surface area contributed by atoms with Crippen LogP contribution in [0.25, 0.3) is 0 Å². The van der Waals surface area contributed by atoms with Crippen LogP contribution in [0.2, 0.25) is 0 Å². The van der Waals surface area contributed by atoms with Crippen molar-refractivity contribution in [3.63, 3.8) is 0 Å². The van der Waals surface area contributed by atoms with Gasteiger partial charge in [0.25, 0.3) is 0 Å². The van der Waals surface area contributed by atoms with Crippen molar-refractivity contribution in [3.8, 4) is 0 Å². The van der Waals surface area contributed by atoms with Crippen molar-refractivity contribution in [2.75, 3.05) is 0 Å². The number of carbonyl (C=O) groups is 1. The van der Waals surface area contributed by atoms with E-state index >= 15 is 0 Å². The standard InChI is InChI=1S/C13H24O3/c1-9(10(2)15-12(3,4)5)11(14)16-13(6,7)8/h9H,2H2,1,3-8H3. The van der Waals surface area contributed by atoms with Crippen molar-refractivity contribution in [2.45, 2.75) is 59.7 Å². The Balaban J connectivity index is 4.40. The summed E-state index contributed by atoms with van der Waals surface area (Å²) in [5.41, 5.74) is -0.819. The summed E-state index contributed by atoms with van der Waals surface area (Å²) in [5, 5.41) is 0. The zero-order valence-electron chi connectivity index (χ0n) is 11.5. The van der Waals surface area contributed by atoms with Gasteiger partial charge in [-0.25, -0.2) is 0 Å². The molecule has 3 nitrogen and oxygen atoms in total. The fourth-order valence-corrected chi connectivity index (χ4v) is 1.00. The average Bonchev–Trinajstić information content (AvgIpc) is 1.96. The molecule has 0 N–H and O–H groups in total. The monoisotopic (exact) mass is 228 g/mol. The Hall–Kier alpha value is -0.990. The van der Waals surface area contributed by atoms with Gasteiger partial charge in [0.2, 0.25) is 0 Å². The first-order valence-corrected chi connectivity index (χ1v) is 5.53. The van der Waals surface area contributed by atoms with E-state index in [9.17, 15) is 4.79 Å². The molecule has 0 aromatic rings. The maximum Gasteiger partial charge on any atom is 0.316 e. The number of hydrogen-bond donors (Lipinski definition) is 0. The van der Waals surface area contributed by atoms with Gasteiger partial charge in [0, 0.05) is 0 Å². The third-order valence-corrected chi connectivity index (χ3v) is 1.68. The SMILES string of the molecule is C=C(OC(C)(C)C)C(C)C(=O)OC(C)(C)C. The summed E-state index contributed by atoms with van der Waals surface area (Å²) >= 11 is 0. The van der Waals surface area contributed by atoms with Gasteiger partial charge < -0.3 is 9.47 Å². The summed E-state index contributed by atoms with van der Waals surface area (Å²) in [6.45, 7) is 16.8. The summed E-state index contributed by atoms with van der Waals surface area (Å²) in [4.78, 5) is 11.7. The number of rotatable bonds is 3. The molecule has 16 heavy (non-hydrogen) atoms. The highest BCUT2D eigenvalue weighted by Gasteiger charge is 2.26. The van der Waals surface area contributed by atoms with E-state index in [1.807, 2.05) is 41.5 Å². The fraction of sp³-hybridized carbons (Fsp3) is 0.769. The molecular weight excluding hydrogens is 204 g/mol. The highest BCUT2D eigenvalue weighted by Crippen LogP contribution is 2.21. The molecule has 0 bridgehead atoms. The van der Waals surface area contributed by atoms with E-state index in [1.54, 1.807) is 6.92 Å². The number of carbonyl (C=O) groups excluding carboxylic acids is 1. The van der Waals surface area contributed by atoms with Gasteiger partial charge in [-0.3, -0.25) is 4.79 Å².